The quantitative estimate of drug-likeness (QED) is 0.914. The predicted octanol–water partition coefficient (Wildman–Crippen LogP) is 1.94. The minimum absolute atomic E-state index is 0.0126. The fourth-order valence-electron chi connectivity index (χ4n) is 3.86. The zero-order valence-electron chi connectivity index (χ0n) is 14.0. The van der Waals surface area contributed by atoms with E-state index in [4.69, 9.17) is 9.15 Å². The summed E-state index contributed by atoms with van der Waals surface area (Å²) in [6.07, 6.45) is 8.27. The van der Waals surface area contributed by atoms with Gasteiger partial charge in [-0.15, -0.1) is 0 Å². The summed E-state index contributed by atoms with van der Waals surface area (Å²) in [4.78, 5) is 23.3. The second-order valence-electron chi connectivity index (χ2n) is 6.65. The number of piperidine rings is 1. The molecule has 0 aromatic carbocycles. The first-order valence-corrected chi connectivity index (χ1v) is 8.73. The molecule has 2 aromatic heterocycles. The van der Waals surface area contributed by atoms with Gasteiger partial charge in [0.05, 0.1) is 25.1 Å². The zero-order chi connectivity index (χ0) is 17.1. The van der Waals surface area contributed by atoms with Crippen molar-refractivity contribution in [2.45, 2.75) is 25.5 Å². The van der Waals surface area contributed by atoms with Gasteiger partial charge in [0.15, 0.2) is 5.82 Å². The lowest BCUT2D eigenvalue weighted by atomic mass is 9.79. The van der Waals surface area contributed by atoms with Crippen molar-refractivity contribution in [2.24, 2.45) is 11.8 Å². The van der Waals surface area contributed by atoms with E-state index in [0.717, 1.165) is 38.2 Å². The normalized spacial score (nSPS) is 26.8. The molecule has 1 N–H and O–H groups in total. The molecule has 1 amide bonds. The van der Waals surface area contributed by atoms with Crippen molar-refractivity contribution in [3.05, 3.63) is 42.7 Å². The Hall–Kier alpha value is -2.25. The van der Waals surface area contributed by atoms with Crippen molar-refractivity contribution in [1.82, 2.24) is 14.9 Å². The number of ether oxygens (including phenoxy) is 1. The van der Waals surface area contributed by atoms with E-state index in [-0.39, 0.29) is 23.8 Å². The molecule has 2 aliphatic heterocycles. The molecule has 4 heterocycles. The minimum Gasteiger partial charge on any atom is -0.468 e. The molecule has 0 aliphatic carbocycles. The zero-order valence-corrected chi connectivity index (χ0v) is 14.0. The van der Waals surface area contributed by atoms with E-state index in [1.165, 1.54) is 0 Å². The van der Waals surface area contributed by atoms with Crippen LogP contribution in [0.5, 0.6) is 0 Å². The van der Waals surface area contributed by atoms with Gasteiger partial charge in [0, 0.05) is 43.9 Å². The van der Waals surface area contributed by atoms with Crippen LogP contribution in [0.2, 0.25) is 0 Å². The monoisotopic (exact) mass is 342 g/mol. The number of fused-ring (bicyclic) bond motifs is 1. The van der Waals surface area contributed by atoms with Crippen molar-refractivity contribution in [2.75, 3.05) is 25.0 Å². The Morgan fingerprint density at radius 1 is 1.36 bits per heavy atom. The van der Waals surface area contributed by atoms with Crippen LogP contribution in [-0.4, -0.2) is 46.6 Å². The summed E-state index contributed by atoms with van der Waals surface area (Å²) in [5, 5.41) is 2.90. The summed E-state index contributed by atoms with van der Waals surface area (Å²) in [6.45, 7) is 3.21. The largest absolute Gasteiger partial charge is 0.468 e. The molecule has 25 heavy (non-hydrogen) atoms. The van der Waals surface area contributed by atoms with Crippen molar-refractivity contribution in [1.29, 1.82) is 0 Å². The maximum absolute atomic E-state index is 12.8. The molecule has 0 saturated carbocycles. The maximum atomic E-state index is 12.8. The highest BCUT2D eigenvalue weighted by atomic mass is 16.5. The number of anilines is 1. The first-order chi connectivity index (χ1) is 12.3. The lowest BCUT2D eigenvalue weighted by Gasteiger charge is -2.44. The Morgan fingerprint density at radius 3 is 3.12 bits per heavy atom. The SMILES string of the molecule is O=C(Nc1cnccn1)[C@@H]1CCO[C@@H]2CCN(Cc3ccco3)C[C@@H]21. The van der Waals surface area contributed by atoms with Gasteiger partial charge in [0.1, 0.15) is 5.76 Å². The molecular formula is C18H22N4O3. The van der Waals surface area contributed by atoms with E-state index >= 15 is 0 Å². The van der Waals surface area contributed by atoms with Crippen LogP contribution in [0.4, 0.5) is 5.82 Å². The molecule has 0 unspecified atom stereocenters. The van der Waals surface area contributed by atoms with Crippen LogP contribution in [0.1, 0.15) is 18.6 Å². The number of amides is 1. The molecule has 4 rings (SSSR count). The van der Waals surface area contributed by atoms with Gasteiger partial charge in [-0.3, -0.25) is 14.7 Å². The molecule has 2 aromatic rings. The molecule has 2 fully saturated rings. The molecule has 7 nitrogen and oxygen atoms in total. The fraction of sp³-hybridized carbons (Fsp3) is 0.500. The number of hydrogen-bond acceptors (Lipinski definition) is 6. The third-order valence-corrected chi connectivity index (χ3v) is 5.06. The van der Waals surface area contributed by atoms with E-state index in [1.807, 2.05) is 12.1 Å². The number of aromatic nitrogens is 2. The van der Waals surface area contributed by atoms with E-state index in [1.54, 1.807) is 24.9 Å². The van der Waals surface area contributed by atoms with Crippen LogP contribution < -0.4 is 5.32 Å². The van der Waals surface area contributed by atoms with E-state index in [0.29, 0.717) is 12.4 Å². The lowest BCUT2D eigenvalue weighted by Crippen LogP contribution is -2.52. The molecule has 3 atom stereocenters. The van der Waals surface area contributed by atoms with Gasteiger partial charge in [0.2, 0.25) is 5.91 Å². The first-order valence-electron chi connectivity index (χ1n) is 8.73. The average Bonchev–Trinajstić information content (AvgIpc) is 3.15. The summed E-state index contributed by atoms with van der Waals surface area (Å²) in [7, 11) is 0. The minimum atomic E-state index is -0.0693. The van der Waals surface area contributed by atoms with Gasteiger partial charge in [-0.1, -0.05) is 0 Å². The number of carbonyl (C=O) groups excluding carboxylic acids is 1. The van der Waals surface area contributed by atoms with Crippen molar-refractivity contribution in [3.63, 3.8) is 0 Å². The van der Waals surface area contributed by atoms with E-state index in [9.17, 15) is 4.79 Å². The van der Waals surface area contributed by atoms with E-state index in [2.05, 4.69) is 20.2 Å². The number of furan rings is 1. The maximum Gasteiger partial charge on any atom is 0.229 e. The van der Waals surface area contributed by atoms with Crippen molar-refractivity contribution < 1.29 is 13.9 Å². The topological polar surface area (TPSA) is 80.5 Å². The first kappa shape index (κ1) is 16.2. The second kappa shape index (κ2) is 7.33. The molecule has 0 spiro atoms. The lowest BCUT2D eigenvalue weighted by molar-refractivity contribution is -0.137. The van der Waals surface area contributed by atoms with Crippen LogP contribution in [-0.2, 0) is 16.1 Å². The van der Waals surface area contributed by atoms with E-state index < -0.39 is 0 Å². The predicted molar refractivity (Wildman–Crippen MR) is 90.6 cm³/mol. The Morgan fingerprint density at radius 2 is 2.32 bits per heavy atom. The van der Waals surface area contributed by atoms with Crippen LogP contribution >= 0.6 is 0 Å². The van der Waals surface area contributed by atoms with Gasteiger partial charge in [0.25, 0.3) is 0 Å². The number of rotatable bonds is 4. The van der Waals surface area contributed by atoms with Crippen LogP contribution in [0, 0.1) is 11.8 Å². The van der Waals surface area contributed by atoms with Crippen LogP contribution in [0.3, 0.4) is 0 Å². The summed E-state index contributed by atoms with van der Waals surface area (Å²) in [5.74, 6) is 1.59. The molecule has 2 aliphatic rings. The molecule has 132 valence electrons. The molecule has 0 radical (unpaired) electrons. The van der Waals surface area contributed by atoms with Gasteiger partial charge in [-0.2, -0.15) is 0 Å². The van der Waals surface area contributed by atoms with Crippen molar-refractivity contribution >= 4 is 11.7 Å². The van der Waals surface area contributed by atoms with Gasteiger partial charge >= 0.3 is 0 Å². The Labute approximate surface area is 146 Å². The highest BCUT2D eigenvalue weighted by Crippen LogP contribution is 2.34. The standard InChI is InChI=1S/C18H22N4O3/c23-18(21-17-10-19-5-6-20-17)14-4-9-25-16-3-7-22(12-15(14)16)11-13-2-1-8-24-13/h1-2,5-6,8,10,14-16H,3-4,7,9,11-12H2,(H,20,21,23)/t14-,15-,16-/m1/s1. The summed E-state index contributed by atoms with van der Waals surface area (Å²) >= 11 is 0. The highest BCUT2D eigenvalue weighted by Gasteiger charge is 2.41. The molecule has 0 bridgehead atoms. The van der Waals surface area contributed by atoms with Crippen molar-refractivity contribution in [3.8, 4) is 0 Å². The van der Waals surface area contributed by atoms with Gasteiger partial charge < -0.3 is 14.5 Å². The second-order valence-corrected chi connectivity index (χ2v) is 6.65. The summed E-state index contributed by atoms with van der Waals surface area (Å²) in [5.41, 5.74) is 0. The third-order valence-electron chi connectivity index (χ3n) is 5.06. The van der Waals surface area contributed by atoms with Gasteiger partial charge in [-0.25, -0.2) is 4.98 Å². The Bertz CT molecular complexity index is 692. The summed E-state index contributed by atoms with van der Waals surface area (Å²) < 4.78 is 11.4. The number of hydrogen-bond donors (Lipinski definition) is 1. The molecule has 7 heteroatoms. The van der Waals surface area contributed by atoms with Crippen LogP contribution in [0.15, 0.2) is 41.4 Å². The fourth-order valence-corrected chi connectivity index (χ4v) is 3.86. The Balaban J connectivity index is 1.43. The molecule has 2 saturated heterocycles. The van der Waals surface area contributed by atoms with Gasteiger partial charge in [-0.05, 0) is 25.0 Å². The summed E-state index contributed by atoms with van der Waals surface area (Å²) in [6, 6.07) is 3.89. The number of likely N-dealkylation sites (tertiary alicyclic amines) is 1. The Kier molecular flexibility index (Phi) is 4.76. The highest BCUT2D eigenvalue weighted by molar-refractivity contribution is 5.91. The third kappa shape index (κ3) is 3.72. The number of nitrogens with one attached hydrogen (secondary N) is 1. The number of carbonyl (C=O) groups is 1. The number of nitrogens with zero attached hydrogens (tertiary/aromatic N) is 3. The average molecular weight is 342 g/mol. The van der Waals surface area contributed by atoms with Crippen LogP contribution in [0.25, 0.3) is 0 Å². The smallest absolute Gasteiger partial charge is 0.229 e. The molecular weight excluding hydrogens is 320 g/mol.